The number of amides is 1. The highest BCUT2D eigenvalue weighted by Crippen LogP contribution is 2.26. The second-order valence-electron chi connectivity index (χ2n) is 7.11. The third kappa shape index (κ3) is 4.24. The molecule has 30 heavy (non-hydrogen) atoms. The predicted octanol–water partition coefficient (Wildman–Crippen LogP) is 1.56. The van der Waals surface area contributed by atoms with E-state index in [-0.39, 0.29) is 24.2 Å². The number of carbonyl (C=O) groups is 1. The summed E-state index contributed by atoms with van der Waals surface area (Å²) in [6.45, 7) is 2.16. The van der Waals surface area contributed by atoms with Crippen LogP contribution in [0.15, 0.2) is 48.8 Å². The molecule has 0 bridgehead atoms. The van der Waals surface area contributed by atoms with Gasteiger partial charge in [0.25, 0.3) is 5.88 Å². The van der Waals surface area contributed by atoms with Gasteiger partial charge in [-0.05, 0) is 29.8 Å². The average Bonchev–Trinajstić information content (AvgIpc) is 2.75. The molecule has 3 aromatic rings. The second kappa shape index (κ2) is 8.24. The quantitative estimate of drug-likeness (QED) is 0.655. The van der Waals surface area contributed by atoms with E-state index >= 15 is 0 Å². The van der Waals surface area contributed by atoms with Crippen LogP contribution in [0, 0.1) is 0 Å². The van der Waals surface area contributed by atoms with Crippen molar-refractivity contribution in [3.63, 3.8) is 0 Å². The number of likely N-dealkylation sites (N-methyl/N-ethyl adjacent to an activating group) is 1. The van der Waals surface area contributed by atoms with E-state index < -0.39 is 0 Å². The summed E-state index contributed by atoms with van der Waals surface area (Å²) in [4.78, 5) is 28.4. The lowest BCUT2D eigenvalue weighted by atomic mass is 10.1. The maximum atomic E-state index is 11.9. The molecule has 4 rings (SSSR count). The molecule has 0 unspecified atom stereocenters. The van der Waals surface area contributed by atoms with E-state index in [0.29, 0.717) is 24.6 Å². The molecule has 1 amide bonds. The van der Waals surface area contributed by atoms with Crippen molar-refractivity contribution in [2.24, 2.45) is 0 Å². The summed E-state index contributed by atoms with van der Waals surface area (Å²) in [6.07, 6.45) is 3.23. The highest BCUT2D eigenvalue weighted by molar-refractivity contribution is 5.82. The van der Waals surface area contributed by atoms with Gasteiger partial charge in [-0.15, -0.1) is 0 Å². The zero-order chi connectivity index (χ0) is 21.1. The molecule has 0 aliphatic carbocycles. The predicted molar refractivity (Wildman–Crippen MR) is 115 cm³/mol. The maximum Gasteiger partial charge on any atom is 0.258 e. The molecule has 9 heteroatoms. The number of aromatic nitrogens is 3. The number of nitrogens with zero attached hydrogens (tertiary/aromatic N) is 5. The number of pyridine rings is 1. The number of hydrogen-bond donors (Lipinski definition) is 2. The monoisotopic (exact) mass is 405 g/mol. The van der Waals surface area contributed by atoms with Crippen molar-refractivity contribution in [3.8, 4) is 17.1 Å². The van der Waals surface area contributed by atoms with Crippen LogP contribution in [0.1, 0.15) is 5.56 Å². The van der Waals surface area contributed by atoms with Crippen LogP contribution in [0.2, 0.25) is 0 Å². The van der Waals surface area contributed by atoms with Crippen molar-refractivity contribution >= 4 is 23.2 Å². The van der Waals surface area contributed by atoms with E-state index in [1.807, 2.05) is 37.4 Å². The van der Waals surface area contributed by atoms with Crippen LogP contribution in [0.5, 0.6) is 5.88 Å². The summed E-state index contributed by atoms with van der Waals surface area (Å²) >= 11 is 0. The lowest BCUT2D eigenvalue weighted by Crippen LogP contribution is -2.48. The van der Waals surface area contributed by atoms with E-state index in [4.69, 9.17) is 16.2 Å². The molecular weight excluding hydrogens is 382 g/mol. The van der Waals surface area contributed by atoms with Gasteiger partial charge in [-0.2, -0.15) is 0 Å². The highest BCUT2D eigenvalue weighted by Gasteiger charge is 2.21. The molecule has 3 heterocycles. The molecule has 2 aromatic heterocycles. The fourth-order valence-corrected chi connectivity index (χ4v) is 3.18. The van der Waals surface area contributed by atoms with Crippen molar-refractivity contribution in [3.05, 3.63) is 54.4 Å². The fraction of sp³-hybridized carbons (Fsp3) is 0.238. The van der Waals surface area contributed by atoms with Crippen molar-refractivity contribution < 1.29 is 9.53 Å². The zero-order valence-electron chi connectivity index (χ0n) is 16.7. The first-order valence-electron chi connectivity index (χ1n) is 9.54. The first-order valence-corrected chi connectivity index (χ1v) is 9.54. The highest BCUT2D eigenvalue weighted by atomic mass is 16.5. The zero-order valence-corrected chi connectivity index (χ0v) is 16.7. The van der Waals surface area contributed by atoms with Crippen LogP contribution in [-0.2, 0) is 11.4 Å². The summed E-state index contributed by atoms with van der Waals surface area (Å²) in [7, 11) is 1.83. The summed E-state index contributed by atoms with van der Waals surface area (Å²) in [5.41, 5.74) is 15.0. The minimum atomic E-state index is 0.118. The van der Waals surface area contributed by atoms with Crippen LogP contribution < -0.4 is 21.1 Å². The van der Waals surface area contributed by atoms with Gasteiger partial charge in [0.05, 0.1) is 18.4 Å². The van der Waals surface area contributed by atoms with Crippen molar-refractivity contribution in [2.45, 2.75) is 6.61 Å². The van der Waals surface area contributed by atoms with E-state index in [9.17, 15) is 4.79 Å². The number of hydrogen-bond acceptors (Lipinski definition) is 8. The minimum absolute atomic E-state index is 0.118. The van der Waals surface area contributed by atoms with Crippen molar-refractivity contribution in [1.29, 1.82) is 0 Å². The normalized spacial score (nSPS) is 14.1. The Morgan fingerprint density at radius 3 is 2.63 bits per heavy atom. The largest absolute Gasteiger partial charge is 0.470 e. The van der Waals surface area contributed by atoms with Gasteiger partial charge in [-0.3, -0.25) is 4.79 Å². The standard InChI is InChI=1S/C21H23N7O2/c1-27-8-9-28(12-19(27)29)16-4-2-15(3-5-16)17-11-25-20(23)21(26-17)30-13-14-6-7-24-18(22)10-14/h2-7,10-11H,8-9,12-13H2,1H3,(H2,22,24)(H2,23,25). The Hall–Kier alpha value is -3.88. The van der Waals surface area contributed by atoms with Crippen molar-refractivity contribution in [1.82, 2.24) is 19.9 Å². The number of carbonyl (C=O) groups excluding carboxylic acids is 1. The average molecular weight is 405 g/mol. The Kier molecular flexibility index (Phi) is 5.34. The Labute approximate surface area is 174 Å². The van der Waals surface area contributed by atoms with Gasteiger partial charge >= 0.3 is 0 Å². The Morgan fingerprint density at radius 2 is 1.90 bits per heavy atom. The SMILES string of the molecule is CN1CCN(c2ccc(-c3cnc(N)c(OCc4ccnc(N)c4)n3)cc2)CC1=O. The minimum Gasteiger partial charge on any atom is -0.470 e. The molecule has 1 aromatic carbocycles. The van der Waals surface area contributed by atoms with E-state index in [2.05, 4.69) is 19.9 Å². The first kappa shape index (κ1) is 19.4. The Morgan fingerprint density at radius 1 is 1.10 bits per heavy atom. The molecule has 0 atom stereocenters. The third-order valence-corrected chi connectivity index (χ3v) is 4.97. The van der Waals surface area contributed by atoms with Gasteiger partial charge in [0, 0.05) is 37.6 Å². The molecule has 1 fully saturated rings. The van der Waals surface area contributed by atoms with Gasteiger partial charge in [0.2, 0.25) is 5.91 Å². The molecule has 0 radical (unpaired) electrons. The number of nitrogens with two attached hydrogens (primary N) is 2. The molecule has 9 nitrogen and oxygen atoms in total. The molecular formula is C21H23N7O2. The molecule has 1 aliphatic heterocycles. The maximum absolute atomic E-state index is 11.9. The number of benzene rings is 1. The van der Waals surface area contributed by atoms with Gasteiger partial charge < -0.3 is 26.0 Å². The molecule has 4 N–H and O–H groups in total. The molecule has 0 spiro atoms. The van der Waals surface area contributed by atoms with Crippen LogP contribution in [-0.4, -0.2) is 52.4 Å². The number of piperazine rings is 1. The smallest absolute Gasteiger partial charge is 0.258 e. The first-order chi connectivity index (χ1) is 14.5. The van der Waals surface area contributed by atoms with Crippen LogP contribution >= 0.6 is 0 Å². The van der Waals surface area contributed by atoms with E-state index in [0.717, 1.165) is 23.4 Å². The van der Waals surface area contributed by atoms with Gasteiger partial charge in [0.1, 0.15) is 12.4 Å². The number of anilines is 3. The topological polar surface area (TPSA) is 123 Å². The van der Waals surface area contributed by atoms with E-state index in [1.54, 1.807) is 23.4 Å². The van der Waals surface area contributed by atoms with Crippen LogP contribution in [0.3, 0.4) is 0 Å². The summed E-state index contributed by atoms with van der Waals surface area (Å²) in [5, 5.41) is 0. The summed E-state index contributed by atoms with van der Waals surface area (Å²) in [5.74, 6) is 1.02. The lowest BCUT2D eigenvalue weighted by molar-refractivity contribution is -0.129. The molecule has 0 saturated carbocycles. The number of nitrogen functional groups attached to an aromatic ring is 2. The summed E-state index contributed by atoms with van der Waals surface area (Å²) < 4.78 is 5.75. The second-order valence-corrected chi connectivity index (χ2v) is 7.11. The number of rotatable bonds is 5. The van der Waals surface area contributed by atoms with Gasteiger partial charge in [-0.25, -0.2) is 15.0 Å². The van der Waals surface area contributed by atoms with Crippen LogP contribution in [0.4, 0.5) is 17.3 Å². The molecule has 154 valence electrons. The van der Waals surface area contributed by atoms with Crippen molar-refractivity contribution in [2.75, 3.05) is 43.0 Å². The number of ether oxygens (including phenoxy) is 1. The Bertz CT molecular complexity index is 1060. The molecule has 1 saturated heterocycles. The Balaban J connectivity index is 1.48. The van der Waals surface area contributed by atoms with Gasteiger partial charge in [-0.1, -0.05) is 12.1 Å². The lowest BCUT2D eigenvalue weighted by Gasteiger charge is -2.33. The van der Waals surface area contributed by atoms with Crippen LogP contribution in [0.25, 0.3) is 11.3 Å². The van der Waals surface area contributed by atoms with Gasteiger partial charge in [0.15, 0.2) is 5.82 Å². The third-order valence-electron chi connectivity index (χ3n) is 4.97. The molecule has 1 aliphatic rings. The fourth-order valence-electron chi connectivity index (χ4n) is 3.18. The summed E-state index contributed by atoms with van der Waals surface area (Å²) in [6, 6.07) is 11.4. The van der Waals surface area contributed by atoms with E-state index in [1.165, 1.54) is 0 Å².